The zero-order valence-corrected chi connectivity index (χ0v) is 15.5. The van der Waals surface area contributed by atoms with Gasteiger partial charge >= 0.3 is 5.97 Å². The van der Waals surface area contributed by atoms with Crippen LogP contribution < -0.4 is 0 Å². The summed E-state index contributed by atoms with van der Waals surface area (Å²) in [4.78, 5) is 14.9. The predicted octanol–water partition coefficient (Wildman–Crippen LogP) is 3.81. The van der Waals surface area contributed by atoms with Crippen molar-refractivity contribution < 1.29 is 9.53 Å². The summed E-state index contributed by atoms with van der Waals surface area (Å²) in [5.41, 5.74) is 0.626. The lowest BCUT2D eigenvalue weighted by atomic mass is 9.79. The van der Waals surface area contributed by atoms with Gasteiger partial charge in [-0.15, -0.1) is 12.4 Å². The Morgan fingerprint density at radius 2 is 1.75 bits per heavy atom. The number of carbonyl (C=O) groups excluding carboxylic acids is 1. The summed E-state index contributed by atoms with van der Waals surface area (Å²) in [6.07, 6.45) is 3.92. The minimum Gasteiger partial charge on any atom is -0.452 e. The van der Waals surface area contributed by atoms with Gasteiger partial charge < -0.3 is 4.74 Å². The molecule has 132 valence electrons. The van der Waals surface area contributed by atoms with E-state index in [0.717, 1.165) is 50.9 Å². The fraction of sp³-hybridized carbons (Fsp3) is 0.550. The number of nitrogens with zero attached hydrogens (tertiary/aromatic N) is 1. The van der Waals surface area contributed by atoms with E-state index in [9.17, 15) is 4.79 Å². The third-order valence-electron chi connectivity index (χ3n) is 4.77. The molecule has 1 fully saturated rings. The molecule has 1 aliphatic rings. The number of hydrogen-bond donors (Lipinski definition) is 0. The van der Waals surface area contributed by atoms with E-state index in [4.69, 9.17) is 4.74 Å². The van der Waals surface area contributed by atoms with Crippen molar-refractivity contribution in [3.8, 4) is 11.8 Å². The van der Waals surface area contributed by atoms with Gasteiger partial charge in [0, 0.05) is 0 Å². The van der Waals surface area contributed by atoms with E-state index in [1.807, 2.05) is 30.3 Å². The third-order valence-corrected chi connectivity index (χ3v) is 4.77. The monoisotopic (exact) mass is 349 g/mol. The Labute approximate surface area is 152 Å². The molecule has 4 heteroatoms. The fourth-order valence-corrected chi connectivity index (χ4v) is 3.25. The zero-order valence-electron chi connectivity index (χ0n) is 14.7. The predicted molar refractivity (Wildman–Crippen MR) is 100 cm³/mol. The molecule has 0 atom stereocenters. The molecule has 0 heterocycles. The average Bonchev–Trinajstić information content (AvgIpc) is 3.10. The quantitative estimate of drug-likeness (QED) is 0.577. The van der Waals surface area contributed by atoms with E-state index < -0.39 is 5.41 Å². The maximum atomic E-state index is 12.7. The van der Waals surface area contributed by atoms with E-state index in [1.54, 1.807) is 0 Å². The van der Waals surface area contributed by atoms with E-state index in [0.29, 0.717) is 0 Å². The van der Waals surface area contributed by atoms with Crippen LogP contribution in [0.25, 0.3) is 0 Å². The van der Waals surface area contributed by atoms with Crippen molar-refractivity contribution in [2.24, 2.45) is 0 Å². The minimum absolute atomic E-state index is 0. The minimum atomic E-state index is -0.457. The molecule has 1 aromatic rings. The van der Waals surface area contributed by atoms with E-state index in [2.05, 4.69) is 30.6 Å². The summed E-state index contributed by atoms with van der Waals surface area (Å²) < 4.78 is 5.50. The van der Waals surface area contributed by atoms with Crippen LogP contribution in [-0.2, 0) is 14.9 Å². The molecule has 1 aliphatic carbocycles. The lowest BCUT2D eigenvalue weighted by Gasteiger charge is -2.26. The van der Waals surface area contributed by atoms with E-state index >= 15 is 0 Å². The lowest BCUT2D eigenvalue weighted by molar-refractivity contribution is -0.149. The summed E-state index contributed by atoms with van der Waals surface area (Å²) in [6.45, 7) is 7.14. The van der Waals surface area contributed by atoms with Crippen LogP contribution in [0.5, 0.6) is 0 Å². The van der Waals surface area contributed by atoms with Crippen molar-refractivity contribution in [2.45, 2.75) is 44.9 Å². The standard InChI is InChI=1S/C20H27NO2.ClH/c1-3-21(4-2)16-10-11-17-23-19(22)20(14-8-9-15-20)18-12-6-5-7-13-18;/h5-7,12-13H,3-4,8-9,14-17H2,1-2H3;1H. The highest BCUT2D eigenvalue weighted by Crippen LogP contribution is 2.42. The number of halogens is 1. The molecular formula is C20H28ClNO2. The van der Waals surface area contributed by atoms with Crippen LogP contribution in [0.3, 0.4) is 0 Å². The van der Waals surface area contributed by atoms with Crippen molar-refractivity contribution in [1.29, 1.82) is 0 Å². The first-order valence-electron chi connectivity index (χ1n) is 8.63. The molecule has 0 saturated heterocycles. The van der Waals surface area contributed by atoms with E-state index in [1.165, 1.54) is 0 Å². The number of rotatable bonds is 6. The molecule has 2 rings (SSSR count). The Morgan fingerprint density at radius 3 is 2.33 bits per heavy atom. The molecule has 0 radical (unpaired) electrons. The molecular weight excluding hydrogens is 322 g/mol. The Morgan fingerprint density at radius 1 is 1.12 bits per heavy atom. The fourth-order valence-electron chi connectivity index (χ4n) is 3.25. The second-order valence-corrected chi connectivity index (χ2v) is 6.05. The summed E-state index contributed by atoms with van der Waals surface area (Å²) >= 11 is 0. The maximum absolute atomic E-state index is 12.7. The van der Waals surface area contributed by atoms with Crippen LogP contribution in [0, 0.1) is 11.8 Å². The van der Waals surface area contributed by atoms with Gasteiger partial charge in [0.1, 0.15) is 0 Å². The highest BCUT2D eigenvalue weighted by molar-refractivity contribution is 5.85. The first-order chi connectivity index (χ1) is 11.2. The molecule has 0 N–H and O–H groups in total. The molecule has 0 aromatic heterocycles. The highest BCUT2D eigenvalue weighted by Gasteiger charge is 2.43. The molecule has 0 amide bonds. The highest BCUT2D eigenvalue weighted by atomic mass is 35.5. The van der Waals surface area contributed by atoms with Crippen LogP contribution >= 0.6 is 12.4 Å². The van der Waals surface area contributed by atoms with Crippen LogP contribution in [0.2, 0.25) is 0 Å². The topological polar surface area (TPSA) is 29.5 Å². The van der Waals surface area contributed by atoms with Crippen LogP contribution in [-0.4, -0.2) is 37.1 Å². The smallest absolute Gasteiger partial charge is 0.317 e. The normalized spacial score (nSPS) is 15.3. The Hall–Kier alpha value is -1.50. The Balaban J connectivity index is 0.00000288. The van der Waals surface area contributed by atoms with Crippen LogP contribution in [0.1, 0.15) is 45.1 Å². The van der Waals surface area contributed by atoms with Gasteiger partial charge in [0.25, 0.3) is 0 Å². The van der Waals surface area contributed by atoms with Gasteiger partial charge in [-0.1, -0.05) is 68.9 Å². The second-order valence-electron chi connectivity index (χ2n) is 6.05. The van der Waals surface area contributed by atoms with Gasteiger partial charge in [0.15, 0.2) is 6.61 Å². The Bertz CT molecular complexity index is 552. The van der Waals surface area contributed by atoms with Gasteiger partial charge in [-0.05, 0) is 31.5 Å². The number of carbonyl (C=O) groups is 1. The number of hydrogen-bond acceptors (Lipinski definition) is 3. The number of benzene rings is 1. The van der Waals surface area contributed by atoms with Gasteiger partial charge in [-0.2, -0.15) is 0 Å². The van der Waals surface area contributed by atoms with Crippen molar-refractivity contribution in [3.63, 3.8) is 0 Å². The zero-order chi connectivity index (χ0) is 16.5. The lowest BCUT2D eigenvalue weighted by Crippen LogP contribution is -2.34. The molecule has 24 heavy (non-hydrogen) atoms. The average molecular weight is 350 g/mol. The van der Waals surface area contributed by atoms with Gasteiger partial charge in [0.05, 0.1) is 12.0 Å². The molecule has 0 aliphatic heterocycles. The molecule has 1 saturated carbocycles. The van der Waals surface area contributed by atoms with E-state index in [-0.39, 0.29) is 25.0 Å². The summed E-state index contributed by atoms with van der Waals surface area (Å²) in [5, 5.41) is 0. The molecule has 0 unspecified atom stereocenters. The maximum Gasteiger partial charge on any atom is 0.317 e. The molecule has 3 nitrogen and oxygen atoms in total. The first kappa shape index (κ1) is 20.5. The van der Waals surface area contributed by atoms with Gasteiger partial charge in [-0.25, -0.2) is 0 Å². The first-order valence-corrected chi connectivity index (χ1v) is 8.63. The van der Waals surface area contributed by atoms with Gasteiger partial charge in [0.2, 0.25) is 0 Å². The van der Waals surface area contributed by atoms with Crippen molar-refractivity contribution in [3.05, 3.63) is 35.9 Å². The Kier molecular flexibility index (Phi) is 8.89. The largest absolute Gasteiger partial charge is 0.452 e. The number of esters is 1. The SMILES string of the molecule is CCN(CC)CC#CCOC(=O)C1(c2ccccc2)CCCC1.Cl. The van der Waals surface area contributed by atoms with Crippen molar-refractivity contribution in [2.75, 3.05) is 26.2 Å². The second kappa shape index (κ2) is 10.4. The number of ether oxygens (including phenoxy) is 1. The van der Waals surface area contributed by atoms with Crippen molar-refractivity contribution >= 4 is 18.4 Å². The summed E-state index contributed by atoms with van der Waals surface area (Å²) in [6, 6.07) is 10.0. The van der Waals surface area contributed by atoms with Crippen LogP contribution in [0.15, 0.2) is 30.3 Å². The molecule has 0 spiro atoms. The molecule has 0 bridgehead atoms. The molecule has 1 aromatic carbocycles. The van der Waals surface area contributed by atoms with Crippen molar-refractivity contribution in [1.82, 2.24) is 4.90 Å². The summed E-state index contributed by atoms with van der Waals surface area (Å²) in [7, 11) is 0. The van der Waals surface area contributed by atoms with Gasteiger partial charge in [-0.3, -0.25) is 9.69 Å². The van der Waals surface area contributed by atoms with Crippen LogP contribution in [0.4, 0.5) is 0 Å². The summed E-state index contributed by atoms with van der Waals surface area (Å²) in [5.74, 6) is 5.94. The third kappa shape index (κ3) is 5.00.